The van der Waals surface area contributed by atoms with E-state index in [0.717, 1.165) is 61.8 Å². The van der Waals surface area contributed by atoms with E-state index in [1.807, 2.05) is 0 Å². The molecule has 0 aliphatic carbocycles. The van der Waals surface area contributed by atoms with Gasteiger partial charge in [-0.05, 0) is 24.7 Å². The minimum atomic E-state index is 0.291. The predicted molar refractivity (Wildman–Crippen MR) is 133 cm³/mol. The lowest BCUT2D eigenvalue weighted by atomic mass is 10.1. The molecular formula is C26H49NO6. The lowest BCUT2D eigenvalue weighted by Crippen LogP contribution is -2.13. The third kappa shape index (κ3) is 12.7. The van der Waals surface area contributed by atoms with Gasteiger partial charge in [0.2, 0.25) is 0 Å². The van der Waals surface area contributed by atoms with E-state index in [0.29, 0.717) is 64.7 Å². The van der Waals surface area contributed by atoms with Gasteiger partial charge < -0.3 is 33.4 Å². The van der Waals surface area contributed by atoms with Gasteiger partial charge in [0, 0.05) is 13.2 Å². The Bertz CT molecular complexity index is 539. The van der Waals surface area contributed by atoms with E-state index in [9.17, 15) is 0 Å². The maximum atomic E-state index is 6.16. The van der Waals surface area contributed by atoms with Gasteiger partial charge in [-0.3, -0.25) is 0 Å². The highest BCUT2D eigenvalue weighted by Gasteiger charge is 2.24. The molecule has 1 aromatic rings. The molecule has 7 heteroatoms. The predicted octanol–water partition coefficient (Wildman–Crippen LogP) is 5.69. The fourth-order valence-electron chi connectivity index (χ4n) is 3.14. The van der Waals surface area contributed by atoms with Gasteiger partial charge in [0.05, 0.1) is 51.0 Å². The Hall–Kier alpha value is -1.28. The molecule has 0 unspecified atom stereocenters. The summed E-state index contributed by atoms with van der Waals surface area (Å²) in [6.07, 6.45) is 4.47. The number of hydrogen-bond donors (Lipinski definition) is 1. The van der Waals surface area contributed by atoms with Crippen LogP contribution in [-0.2, 0) is 18.9 Å². The van der Waals surface area contributed by atoms with E-state index in [-0.39, 0.29) is 0 Å². The number of hydrogen-bond acceptors (Lipinski definition) is 6. The molecule has 7 nitrogen and oxygen atoms in total. The minimum Gasteiger partial charge on any atom is -0.485 e. The van der Waals surface area contributed by atoms with Gasteiger partial charge in [-0.2, -0.15) is 0 Å². The van der Waals surface area contributed by atoms with Gasteiger partial charge in [-0.25, -0.2) is 0 Å². The van der Waals surface area contributed by atoms with E-state index in [1.165, 1.54) is 0 Å². The third-order valence-corrected chi connectivity index (χ3v) is 5.10. The second kappa shape index (κ2) is 19.1. The molecule has 0 aliphatic heterocycles. The van der Waals surface area contributed by atoms with Crippen molar-refractivity contribution in [2.75, 3.05) is 66.1 Å². The summed E-state index contributed by atoms with van der Waals surface area (Å²) in [5.41, 5.74) is 2.11. The molecule has 0 amide bonds. The van der Waals surface area contributed by atoms with Gasteiger partial charge in [0.1, 0.15) is 13.2 Å². The van der Waals surface area contributed by atoms with E-state index in [1.54, 1.807) is 0 Å². The highest BCUT2D eigenvalue weighted by atomic mass is 16.6. The number of rotatable bonds is 22. The molecule has 0 aromatic carbocycles. The molecular weight excluding hydrogens is 422 g/mol. The number of nitrogens with one attached hydrogen (secondary N) is 1. The Morgan fingerprint density at radius 1 is 0.515 bits per heavy atom. The lowest BCUT2D eigenvalue weighted by Gasteiger charge is -2.14. The first kappa shape index (κ1) is 29.8. The summed E-state index contributed by atoms with van der Waals surface area (Å²) >= 11 is 0. The molecule has 0 radical (unpaired) electrons. The Balaban J connectivity index is 2.50. The van der Waals surface area contributed by atoms with Crippen molar-refractivity contribution in [3.63, 3.8) is 0 Å². The van der Waals surface area contributed by atoms with Crippen LogP contribution in [0.1, 0.15) is 90.4 Å². The zero-order valence-electron chi connectivity index (χ0n) is 22.0. The second-order valence-electron chi connectivity index (χ2n) is 8.77. The zero-order chi connectivity index (χ0) is 24.3. The van der Waals surface area contributed by atoms with Crippen LogP contribution in [-0.4, -0.2) is 71.1 Å². The molecule has 0 fully saturated rings. The molecule has 0 spiro atoms. The summed E-state index contributed by atoms with van der Waals surface area (Å²) < 4.78 is 34.7. The summed E-state index contributed by atoms with van der Waals surface area (Å²) in [6, 6.07) is 0. The number of ether oxygens (including phenoxy) is 6. The molecule has 0 bridgehead atoms. The first-order valence-corrected chi connectivity index (χ1v) is 12.8. The van der Waals surface area contributed by atoms with Crippen LogP contribution in [0.15, 0.2) is 0 Å². The molecule has 0 aliphatic rings. The number of H-pyrrole nitrogens is 1. The lowest BCUT2D eigenvalue weighted by molar-refractivity contribution is 0.0323. The molecule has 1 heterocycles. The van der Waals surface area contributed by atoms with Crippen LogP contribution >= 0.6 is 0 Å². The first-order chi connectivity index (χ1) is 16.0. The maximum Gasteiger partial charge on any atom is 0.182 e. The summed E-state index contributed by atoms with van der Waals surface area (Å²) in [6.45, 7) is 18.9. The summed E-state index contributed by atoms with van der Waals surface area (Å²) in [5, 5.41) is 0. The van der Waals surface area contributed by atoms with Gasteiger partial charge in [-0.1, -0.05) is 54.4 Å². The molecule has 1 rings (SSSR count). The van der Waals surface area contributed by atoms with E-state index in [2.05, 4.69) is 46.5 Å². The van der Waals surface area contributed by atoms with Crippen LogP contribution in [0.5, 0.6) is 11.5 Å². The number of unbranched alkanes of at least 4 members (excludes halogenated alkanes) is 2. The zero-order valence-corrected chi connectivity index (χ0v) is 22.0. The quantitative estimate of drug-likeness (QED) is 0.219. The van der Waals surface area contributed by atoms with Gasteiger partial charge in [0.25, 0.3) is 0 Å². The third-order valence-electron chi connectivity index (χ3n) is 5.10. The van der Waals surface area contributed by atoms with Crippen LogP contribution in [0.4, 0.5) is 0 Å². The monoisotopic (exact) mass is 471 g/mol. The van der Waals surface area contributed by atoms with Crippen molar-refractivity contribution in [3.8, 4) is 11.5 Å². The normalized spacial score (nSPS) is 11.6. The van der Waals surface area contributed by atoms with Crippen LogP contribution in [0, 0.1) is 0 Å². The molecule has 0 saturated heterocycles. The SMILES string of the molecule is CCCCOCCOCCOc1c(C(C)C)[nH]c(C(C)C)c1OCCOCCOCCCC. The number of aromatic amines is 1. The van der Waals surface area contributed by atoms with E-state index < -0.39 is 0 Å². The van der Waals surface area contributed by atoms with E-state index >= 15 is 0 Å². The van der Waals surface area contributed by atoms with Crippen LogP contribution in [0.2, 0.25) is 0 Å². The second-order valence-corrected chi connectivity index (χ2v) is 8.77. The van der Waals surface area contributed by atoms with Crippen LogP contribution in [0.3, 0.4) is 0 Å². The standard InChI is InChI=1S/C26H49NO6/c1-7-9-11-28-13-15-30-17-19-32-25-23(21(3)4)27-24(22(5)6)26(25)33-20-18-31-16-14-29-12-10-8-2/h21-22,27H,7-20H2,1-6H3. The molecule has 194 valence electrons. The van der Waals surface area contributed by atoms with Crippen molar-refractivity contribution in [2.24, 2.45) is 0 Å². The summed E-state index contributed by atoms with van der Waals surface area (Å²) in [5.74, 6) is 2.16. The van der Waals surface area contributed by atoms with Gasteiger partial charge in [0.15, 0.2) is 11.5 Å². The van der Waals surface area contributed by atoms with Crippen molar-refractivity contribution in [3.05, 3.63) is 11.4 Å². The van der Waals surface area contributed by atoms with Crippen LogP contribution in [0.25, 0.3) is 0 Å². The smallest absolute Gasteiger partial charge is 0.182 e. The fourth-order valence-corrected chi connectivity index (χ4v) is 3.14. The Kier molecular flexibility index (Phi) is 17.2. The minimum absolute atomic E-state index is 0.291. The Morgan fingerprint density at radius 2 is 0.848 bits per heavy atom. The largest absolute Gasteiger partial charge is 0.485 e. The molecule has 1 aromatic heterocycles. The van der Waals surface area contributed by atoms with Gasteiger partial charge in [-0.15, -0.1) is 0 Å². The van der Waals surface area contributed by atoms with E-state index in [4.69, 9.17) is 28.4 Å². The van der Waals surface area contributed by atoms with Crippen molar-refractivity contribution in [2.45, 2.75) is 79.1 Å². The first-order valence-electron chi connectivity index (χ1n) is 12.8. The van der Waals surface area contributed by atoms with Crippen LogP contribution < -0.4 is 9.47 Å². The highest BCUT2D eigenvalue weighted by molar-refractivity contribution is 5.51. The Labute approximate surface area is 201 Å². The van der Waals surface area contributed by atoms with Crippen molar-refractivity contribution in [1.29, 1.82) is 0 Å². The van der Waals surface area contributed by atoms with Gasteiger partial charge >= 0.3 is 0 Å². The average Bonchev–Trinajstić information content (AvgIpc) is 3.16. The highest BCUT2D eigenvalue weighted by Crippen LogP contribution is 2.42. The Morgan fingerprint density at radius 3 is 1.18 bits per heavy atom. The number of aromatic nitrogens is 1. The van der Waals surface area contributed by atoms with Crippen molar-refractivity contribution < 1.29 is 28.4 Å². The summed E-state index contributed by atoms with van der Waals surface area (Å²) in [7, 11) is 0. The average molecular weight is 472 g/mol. The molecule has 0 saturated carbocycles. The topological polar surface area (TPSA) is 71.2 Å². The maximum absolute atomic E-state index is 6.16. The van der Waals surface area contributed by atoms with Crippen molar-refractivity contribution >= 4 is 0 Å². The summed E-state index contributed by atoms with van der Waals surface area (Å²) in [4.78, 5) is 3.54. The molecule has 1 N–H and O–H groups in total. The molecule has 0 atom stereocenters. The fraction of sp³-hybridized carbons (Fsp3) is 0.846. The molecule has 33 heavy (non-hydrogen) atoms. The van der Waals surface area contributed by atoms with Crippen molar-refractivity contribution in [1.82, 2.24) is 4.98 Å².